The van der Waals surface area contributed by atoms with Crippen molar-refractivity contribution in [3.63, 3.8) is 0 Å². The summed E-state index contributed by atoms with van der Waals surface area (Å²) in [6.07, 6.45) is 6.59. The van der Waals surface area contributed by atoms with E-state index < -0.39 is 0 Å². The van der Waals surface area contributed by atoms with Gasteiger partial charge in [0.05, 0.1) is 6.33 Å². The smallest absolute Gasteiger partial charge is 0.191 e. The average molecular weight is 253 g/mol. The van der Waals surface area contributed by atoms with Crippen molar-refractivity contribution in [2.24, 2.45) is 10.7 Å². The Bertz CT molecular complexity index is 343. The lowest BCUT2D eigenvalue weighted by molar-refractivity contribution is 0.455. The number of hydrogen-bond donors (Lipinski definition) is 1. The van der Waals surface area contributed by atoms with Gasteiger partial charge in [0.2, 0.25) is 0 Å². The van der Waals surface area contributed by atoms with Gasteiger partial charge in [0.1, 0.15) is 0 Å². The normalized spacial score (nSPS) is 17.4. The van der Waals surface area contributed by atoms with Crippen LogP contribution in [0.2, 0.25) is 0 Å². The molecular weight excluding hydrogens is 234 g/mol. The fraction of sp³-hybridized carbons (Fsp3) is 0.636. The number of aromatic nitrogens is 2. The van der Waals surface area contributed by atoms with Crippen molar-refractivity contribution < 1.29 is 0 Å². The number of rotatable bonds is 4. The van der Waals surface area contributed by atoms with Gasteiger partial charge in [-0.15, -0.1) is 0 Å². The van der Waals surface area contributed by atoms with Crippen LogP contribution in [0, 0.1) is 0 Å². The number of hydrogen-bond acceptors (Lipinski definition) is 3. The van der Waals surface area contributed by atoms with Crippen LogP contribution in [0.1, 0.15) is 6.42 Å². The van der Waals surface area contributed by atoms with Crippen molar-refractivity contribution in [2.75, 3.05) is 31.1 Å². The van der Waals surface area contributed by atoms with Crippen LogP contribution < -0.4 is 5.73 Å². The maximum Gasteiger partial charge on any atom is 0.191 e. The van der Waals surface area contributed by atoms with E-state index in [1.807, 2.05) is 24.3 Å². The van der Waals surface area contributed by atoms with Crippen LogP contribution in [0.3, 0.4) is 0 Å². The predicted octanol–water partition coefficient (Wildman–Crippen LogP) is 0.637. The maximum atomic E-state index is 5.96. The molecule has 0 aliphatic carbocycles. The first-order valence-corrected chi connectivity index (χ1v) is 7.10. The molecule has 1 fully saturated rings. The molecule has 1 aliphatic heterocycles. The van der Waals surface area contributed by atoms with E-state index >= 15 is 0 Å². The highest BCUT2D eigenvalue weighted by molar-refractivity contribution is 7.99. The van der Waals surface area contributed by atoms with Crippen molar-refractivity contribution in [3.05, 3.63) is 18.7 Å². The summed E-state index contributed by atoms with van der Waals surface area (Å²) in [5, 5.41) is 0. The van der Waals surface area contributed by atoms with E-state index in [0.29, 0.717) is 5.96 Å². The minimum absolute atomic E-state index is 0.705. The largest absolute Gasteiger partial charge is 0.370 e. The summed E-state index contributed by atoms with van der Waals surface area (Å²) in [4.78, 5) is 10.6. The molecule has 1 aliphatic rings. The summed E-state index contributed by atoms with van der Waals surface area (Å²) >= 11 is 1.98. The summed E-state index contributed by atoms with van der Waals surface area (Å²) in [5.41, 5.74) is 5.96. The zero-order valence-electron chi connectivity index (χ0n) is 9.96. The van der Waals surface area contributed by atoms with E-state index in [4.69, 9.17) is 5.73 Å². The molecule has 1 saturated heterocycles. The van der Waals surface area contributed by atoms with Crippen LogP contribution >= 0.6 is 11.8 Å². The number of nitrogens with two attached hydrogens (primary N) is 1. The van der Waals surface area contributed by atoms with Crippen LogP contribution in [0.15, 0.2) is 23.7 Å². The second-order valence-electron chi connectivity index (χ2n) is 3.99. The molecule has 2 rings (SSSR count). The van der Waals surface area contributed by atoms with E-state index in [1.165, 1.54) is 0 Å². The molecule has 0 bridgehead atoms. The van der Waals surface area contributed by atoms with E-state index in [1.54, 1.807) is 6.20 Å². The zero-order valence-corrected chi connectivity index (χ0v) is 10.8. The van der Waals surface area contributed by atoms with Gasteiger partial charge in [0.25, 0.3) is 0 Å². The summed E-state index contributed by atoms with van der Waals surface area (Å²) in [6.45, 7) is 3.79. The summed E-state index contributed by atoms with van der Waals surface area (Å²) in [7, 11) is 0. The number of aryl methyl sites for hydroxylation is 1. The highest BCUT2D eigenvalue weighted by atomic mass is 32.2. The molecule has 0 aromatic carbocycles. The van der Waals surface area contributed by atoms with Crippen molar-refractivity contribution >= 4 is 17.7 Å². The third-order valence-corrected chi connectivity index (χ3v) is 3.68. The maximum absolute atomic E-state index is 5.96. The Labute approximate surface area is 106 Å². The molecule has 1 aromatic heterocycles. The predicted molar refractivity (Wildman–Crippen MR) is 72.2 cm³/mol. The molecule has 6 heteroatoms. The van der Waals surface area contributed by atoms with Gasteiger partial charge in [0, 0.05) is 50.1 Å². The first-order chi connectivity index (χ1) is 8.36. The van der Waals surface area contributed by atoms with Crippen molar-refractivity contribution in [2.45, 2.75) is 13.0 Å². The van der Waals surface area contributed by atoms with E-state index in [2.05, 4.69) is 19.4 Å². The molecular formula is C11H19N5S. The molecule has 0 atom stereocenters. The first-order valence-electron chi connectivity index (χ1n) is 5.94. The highest BCUT2D eigenvalue weighted by Gasteiger charge is 2.11. The molecule has 2 heterocycles. The second kappa shape index (κ2) is 6.54. The zero-order chi connectivity index (χ0) is 11.9. The SMILES string of the molecule is NC(=NCCCn1ccnc1)N1CCSCC1. The Hall–Kier alpha value is -1.17. The van der Waals surface area contributed by atoms with Crippen molar-refractivity contribution in [3.8, 4) is 0 Å². The molecule has 0 spiro atoms. The Kier molecular flexibility index (Phi) is 4.73. The molecule has 0 radical (unpaired) electrons. The van der Waals surface area contributed by atoms with Gasteiger partial charge >= 0.3 is 0 Å². The number of thioether (sulfide) groups is 1. The standard InChI is InChI=1S/C11H19N5S/c12-11(16-6-8-17-9-7-16)14-2-1-4-15-5-3-13-10-15/h3,5,10H,1-2,4,6-9H2,(H2,12,14). The minimum atomic E-state index is 0.705. The van der Waals surface area contributed by atoms with Crippen LogP contribution in [-0.2, 0) is 6.54 Å². The van der Waals surface area contributed by atoms with Crippen molar-refractivity contribution in [1.29, 1.82) is 0 Å². The lowest BCUT2D eigenvalue weighted by atomic mass is 10.4. The molecule has 1 aromatic rings. The van der Waals surface area contributed by atoms with Crippen molar-refractivity contribution in [1.82, 2.24) is 14.5 Å². The molecule has 2 N–H and O–H groups in total. The topological polar surface area (TPSA) is 59.4 Å². The molecule has 17 heavy (non-hydrogen) atoms. The molecule has 94 valence electrons. The number of guanidine groups is 1. The average Bonchev–Trinajstić information content (AvgIpc) is 2.88. The third-order valence-electron chi connectivity index (χ3n) is 2.74. The lowest BCUT2D eigenvalue weighted by Gasteiger charge is -2.27. The fourth-order valence-corrected chi connectivity index (χ4v) is 2.66. The number of aliphatic imine (C=N–C) groups is 1. The van der Waals surface area contributed by atoms with Gasteiger partial charge in [-0.1, -0.05) is 0 Å². The van der Waals surface area contributed by atoms with Crippen LogP contribution in [0.4, 0.5) is 0 Å². The Balaban J connectivity index is 1.68. The molecule has 0 amide bonds. The molecule has 0 unspecified atom stereocenters. The van der Waals surface area contributed by atoms with Gasteiger partial charge in [-0.3, -0.25) is 4.99 Å². The van der Waals surface area contributed by atoms with Gasteiger partial charge in [-0.05, 0) is 6.42 Å². The summed E-state index contributed by atoms with van der Waals surface area (Å²) in [6, 6.07) is 0. The quantitative estimate of drug-likeness (QED) is 0.486. The van der Waals surface area contributed by atoms with Gasteiger partial charge in [-0.2, -0.15) is 11.8 Å². The number of nitrogens with zero attached hydrogens (tertiary/aromatic N) is 4. The highest BCUT2D eigenvalue weighted by Crippen LogP contribution is 2.08. The Morgan fingerprint density at radius 2 is 2.24 bits per heavy atom. The van der Waals surface area contributed by atoms with Crippen LogP contribution in [-0.4, -0.2) is 51.6 Å². The van der Waals surface area contributed by atoms with E-state index in [9.17, 15) is 0 Å². The Morgan fingerprint density at radius 3 is 2.94 bits per heavy atom. The number of imidazole rings is 1. The lowest BCUT2D eigenvalue weighted by Crippen LogP contribution is -2.42. The summed E-state index contributed by atoms with van der Waals surface area (Å²) in [5.74, 6) is 3.02. The fourth-order valence-electron chi connectivity index (χ4n) is 1.76. The minimum Gasteiger partial charge on any atom is -0.370 e. The van der Waals surface area contributed by atoms with Crippen LogP contribution in [0.25, 0.3) is 0 Å². The monoisotopic (exact) mass is 253 g/mol. The van der Waals surface area contributed by atoms with E-state index in [-0.39, 0.29) is 0 Å². The molecule has 5 nitrogen and oxygen atoms in total. The third kappa shape index (κ3) is 3.96. The van der Waals surface area contributed by atoms with Crippen LogP contribution in [0.5, 0.6) is 0 Å². The van der Waals surface area contributed by atoms with Gasteiger partial charge < -0.3 is 15.2 Å². The first kappa shape index (κ1) is 12.3. The second-order valence-corrected chi connectivity index (χ2v) is 5.22. The Morgan fingerprint density at radius 1 is 1.41 bits per heavy atom. The summed E-state index contributed by atoms with van der Waals surface area (Å²) < 4.78 is 2.06. The van der Waals surface area contributed by atoms with Gasteiger partial charge in [-0.25, -0.2) is 4.98 Å². The van der Waals surface area contributed by atoms with Gasteiger partial charge in [0.15, 0.2) is 5.96 Å². The van der Waals surface area contributed by atoms with E-state index in [0.717, 1.165) is 44.1 Å². The molecule has 0 saturated carbocycles.